The Morgan fingerprint density at radius 2 is 1.88 bits per heavy atom. The predicted molar refractivity (Wildman–Crippen MR) is 66.2 cm³/mol. The van der Waals surface area contributed by atoms with Crippen molar-refractivity contribution in [3.63, 3.8) is 0 Å². The summed E-state index contributed by atoms with van der Waals surface area (Å²) in [5.74, 6) is -0.166. The monoisotopic (exact) mass is 224 g/mol. The maximum Gasteiger partial charge on any atom is 0.333 e. The lowest BCUT2D eigenvalue weighted by Crippen LogP contribution is -2.18. The summed E-state index contributed by atoms with van der Waals surface area (Å²) in [6.07, 6.45) is 10.1. The van der Waals surface area contributed by atoms with Crippen molar-refractivity contribution in [3.8, 4) is 0 Å². The molecule has 0 radical (unpaired) electrons. The van der Waals surface area contributed by atoms with E-state index in [1.54, 1.807) is 0 Å². The van der Waals surface area contributed by atoms with Crippen LogP contribution in [0.5, 0.6) is 0 Å². The highest BCUT2D eigenvalue weighted by molar-refractivity contribution is 5.87. The number of carbonyl (C=O) groups excluding carboxylic acids is 1. The SMILES string of the molecule is C=C(CCCC)C(=O)OC1CCCCCC1. The summed E-state index contributed by atoms with van der Waals surface area (Å²) in [6, 6.07) is 0. The van der Waals surface area contributed by atoms with Gasteiger partial charge in [0.1, 0.15) is 6.10 Å². The quantitative estimate of drug-likeness (QED) is 0.401. The van der Waals surface area contributed by atoms with E-state index < -0.39 is 0 Å². The predicted octanol–water partition coefficient (Wildman–Crippen LogP) is 4.00. The van der Waals surface area contributed by atoms with E-state index in [9.17, 15) is 4.79 Å². The molecule has 1 aliphatic rings. The number of hydrogen-bond acceptors (Lipinski definition) is 2. The number of hydrogen-bond donors (Lipinski definition) is 0. The lowest BCUT2D eigenvalue weighted by atomic mass is 10.1. The standard InChI is InChI=1S/C14H24O2/c1-3-4-9-12(2)14(15)16-13-10-7-5-6-8-11-13/h13H,2-11H2,1H3. The Labute approximate surface area is 99.1 Å². The van der Waals surface area contributed by atoms with Crippen LogP contribution in [0, 0.1) is 0 Å². The van der Waals surface area contributed by atoms with E-state index in [0.29, 0.717) is 5.57 Å². The van der Waals surface area contributed by atoms with Crippen LogP contribution in [0.3, 0.4) is 0 Å². The first kappa shape index (κ1) is 13.3. The minimum Gasteiger partial charge on any atom is -0.459 e. The molecule has 0 aromatic heterocycles. The molecule has 0 aromatic rings. The van der Waals surface area contributed by atoms with Crippen molar-refractivity contribution in [2.75, 3.05) is 0 Å². The number of carbonyl (C=O) groups is 1. The summed E-state index contributed by atoms with van der Waals surface area (Å²) < 4.78 is 5.49. The van der Waals surface area contributed by atoms with Crippen molar-refractivity contribution in [1.29, 1.82) is 0 Å². The molecule has 0 atom stereocenters. The second-order valence-electron chi connectivity index (χ2n) is 4.73. The van der Waals surface area contributed by atoms with Crippen molar-refractivity contribution >= 4 is 5.97 Å². The molecule has 0 aliphatic heterocycles. The first-order valence-corrected chi connectivity index (χ1v) is 6.62. The maximum absolute atomic E-state index is 11.7. The number of ether oxygens (including phenoxy) is 1. The summed E-state index contributed by atoms with van der Waals surface area (Å²) >= 11 is 0. The molecule has 1 saturated carbocycles. The van der Waals surface area contributed by atoms with Crippen LogP contribution in [0.4, 0.5) is 0 Å². The van der Waals surface area contributed by atoms with Crippen molar-refractivity contribution in [2.24, 2.45) is 0 Å². The van der Waals surface area contributed by atoms with Gasteiger partial charge in [0.05, 0.1) is 0 Å². The van der Waals surface area contributed by atoms with Crippen molar-refractivity contribution in [3.05, 3.63) is 12.2 Å². The van der Waals surface area contributed by atoms with Gasteiger partial charge < -0.3 is 4.74 Å². The Kier molecular flexibility index (Phi) is 6.20. The Morgan fingerprint density at radius 3 is 2.44 bits per heavy atom. The van der Waals surface area contributed by atoms with Gasteiger partial charge in [-0.2, -0.15) is 0 Å². The van der Waals surface area contributed by atoms with E-state index in [2.05, 4.69) is 13.5 Å². The number of unbranched alkanes of at least 4 members (excludes halogenated alkanes) is 1. The maximum atomic E-state index is 11.7. The normalized spacial score (nSPS) is 17.8. The molecule has 0 aromatic carbocycles. The Bertz CT molecular complexity index is 225. The fourth-order valence-corrected chi connectivity index (χ4v) is 2.09. The highest BCUT2D eigenvalue weighted by Gasteiger charge is 2.17. The molecule has 2 heteroatoms. The molecular formula is C14H24O2. The molecule has 1 fully saturated rings. The Morgan fingerprint density at radius 1 is 1.25 bits per heavy atom. The Hall–Kier alpha value is -0.790. The van der Waals surface area contributed by atoms with Crippen LogP contribution in [0.25, 0.3) is 0 Å². The van der Waals surface area contributed by atoms with Crippen molar-refractivity contribution < 1.29 is 9.53 Å². The molecule has 0 saturated heterocycles. The van der Waals surface area contributed by atoms with Gasteiger partial charge in [0.25, 0.3) is 0 Å². The van der Waals surface area contributed by atoms with Gasteiger partial charge in [-0.05, 0) is 38.5 Å². The van der Waals surface area contributed by atoms with E-state index in [-0.39, 0.29) is 12.1 Å². The van der Waals surface area contributed by atoms with Gasteiger partial charge in [-0.25, -0.2) is 4.79 Å². The molecule has 1 aliphatic carbocycles. The van der Waals surface area contributed by atoms with Crippen LogP contribution in [-0.4, -0.2) is 12.1 Å². The second kappa shape index (κ2) is 7.48. The third-order valence-electron chi connectivity index (χ3n) is 3.20. The summed E-state index contributed by atoms with van der Waals surface area (Å²) in [4.78, 5) is 11.7. The van der Waals surface area contributed by atoms with E-state index in [1.807, 2.05) is 0 Å². The number of rotatable bonds is 5. The first-order valence-electron chi connectivity index (χ1n) is 6.62. The Balaban J connectivity index is 2.28. The van der Waals surface area contributed by atoms with Crippen LogP contribution >= 0.6 is 0 Å². The zero-order valence-electron chi connectivity index (χ0n) is 10.5. The lowest BCUT2D eigenvalue weighted by molar-refractivity contribution is -0.145. The van der Waals surface area contributed by atoms with Crippen LogP contribution < -0.4 is 0 Å². The molecule has 92 valence electrons. The summed E-state index contributed by atoms with van der Waals surface area (Å²) in [6.45, 7) is 5.92. The molecule has 0 spiro atoms. The minimum atomic E-state index is -0.166. The molecule has 0 N–H and O–H groups in total. The van der Waals surface area contributed by atoms with E-state index >= 15 is 0 Å². The molecule has 16 heavy (non-hydrogen) atoms. The number of esters is 1. The minimum absolute atomic E-state index is 0.147. The fourth-order valence-electron chi connectivity index (χ4n) is 2.09. The third kappa shape index (κ3) is 4.82. The molecule has 2 nitrogen and oxygen atoms in total. The van der Waals surface area contributed by atoms with E-state index in [0.717, 1.165) is 32.1 Å². The summed E-state index contributed by atoms with van der Waals surface area (Å²) in [5, 5.41) is 0. The largest absolute Gasteiger partial charge is 0.459 e. The topological polar surface area (TPSA) is 26.3 Å². The first-order chi connectivity index (χ1) is 7.74. The average molecular weight is 224 g/mol. The van der Waals surface area contributed by atoms with Crippen LogP contribution in [0.2, 0.25) is 0 Å². The molecule has 1 rings (SSSR count). The smallest absolute Gasteiger partial charge is 0.333 e. The van der Waals surface area contributed by atoms with Gasteiger partial charge in [0.2, 0.25) is 0 Å². The zero-order chi connectivity index (χ0) is 11.8. The third-order valence-corrected chi connectivity index (χ3v) is 3.20. The van der Waals surface area contributed by atoms with Crippen LogP contribution in [0.15, 0.2) is 12.2 Å². The summed E-state index contributed by atoms with van der Waals surface area (Å²) in [7, 11) is 0. The van der Waals surface area contributed by atoms with E-state index in [1.165, 1.54) is 25.7 Å². The molecule has 0 bridgehead atoms. The van der Waals surface area contributed by atoms with Gasteiger partial charge in [0.15, 0.2) is 0 Å². The molecule has 0 heterocycles. The highest BCUT2D eigenvalue weighted by Crippen LogP contribution is 2.21. The van der Waals surface area contributed by atoms with Gasteiger partial charge in [-0.15, -0.1) is 0 Å². The molecule has 0 unspecified atom stereocenters. The second-order valence-corrected chi connectivity index (χ2v) is 4.73. The van der Waals surface area contributed by atoms with Crippen LogP contribution in [0.1, 0.15) is 64.7 Å². The molecular weight excluding hydrogens is 200 g/mol. The lowest BCUT2D eigenvalue weighted by Gasteiger charge is -2.16. The molecule has 0 amide bonds. The van der Waals surface area contributed by atoms with Crippen molar-refractivity contribution in [2.45, 2.75) is 70.8 Å². The van der Waals surface area contributed by atoms with Gasteiger partial charge >= 0.3 is 5.97 Å². The van der Waals surface area contributed by atoms with Crippen LogP contribution in [-0.2, 0) is 9.53 Å². The van der Waals surface area contributed by atoms with E-state index in [4.69, 9.17) is 4.74 Å². The zero-order valence-corrected chi connectivity index (χ0v) is 10.5. The van der Waals surface area contributed by atoms with Crippen molar-refractivity contribution in [1.82, 2.24) is 0 Å². The average Bonchev–Trinajstić information content (AvgIpc) is 2.54. The van der Waals surface area contributed by atoms with Gasteiger partial charge in [0, 0.05) is 5.57 Å². The van der Waals surface area contributed by atoms with Gasteiger partial charge in [-0.1, -0.05) is 32.8 Å². The summed E-state index contributed by atoms with van der Waals surface area (Å²) in [5.41, 5.74) is 0.645. The van der Waals surface area contributed by atoms with Gasteiger partial charge in [-0.3, -0.25) is 0 Å². The fraction of sp³-hybridized carbons (Fsp3) is 0.786. The highest BCUT2D eigenvalue weighted by atomic mass is 16.5.